The first-order valence-electron chi connectivity index (χ1n) is 7.97. The third kappa shape index (κ3) is 2.84. The Bertz CT molecular complexity index is 1000. The molecule has 0 bridgehead atoms. The Balaban J connectivity index is 1.68. The normalized spacial score (nSPS) is 12.4. The van der Waals surface area contributed by atoms with Gasteiger partial charge >= 0.3 is 0 Å². The monoisotopic (exact) mass is 330 g/mol. The number of nitrogens with two attached hydrogens (primary N) is 1. The number of nitrogens with zero attached hydrogens (tertiary/aromatic N) is 1. The Morgan fingerprint density at radius 2 is 1.75 bits per heavy atom. The Hall–Kier alpha value is -2.49. The Morgan fingerprint density at radius 3 is 2.58 bits per heavy atom. The summed E-state index contributed by atoms with van der Waals surface area (Å²) in [6.07, 6.45) is 0. The van der Waals surface area contributed by atoms with E-state index in [0.29, 0.717) is 0 Å². The van der Waals surface area contributed by atoms with Crippen LogP contribution in [0.2, 0.25) is 0 Å². The van der Waals surface area contributed by atoms with E-state index >= 15 is 0 Å². The van der Waals surface area contributed by atoms with Crippen LogP contribution < -0.4 is 5.73 Å². The Morgan fingerprint density at radius 1 is 0.917 bits per heavy atom. The predicted molar refractivity (Wildman–Crippen MR) is 102 cm³/mol. The minimum atomic E-state index is -0.177. The third-order valence-electron chi connectivity index (χ3n) is 4.23. The molecule has 0 spiro atoms. The molecule has 1 atom stereocenters. The van der Waals surface area contributed by atoms with Crippen molar-refractivity contribution in [2.45, 2.75) is 13.0 Å². The van der Waals surface area contributed by atoms with Crippen LogP contribution in [0.3, 0.4) is 0 Å². The highest BCUT2D eigenvalue weighted by molar-refractivity contribution is 7.10. The second-order valence-electron chi connectivity index (χ2n) is 6.02. The van der Waals surface area contributed by atoms with Gasteiger partial charge in [-0.25, -0.2) is 4.98 Å². The van der Waals surface area contributed by atoms with Crippen molar-refractivity contribution in [2.75, 3.05) is 0 Å². The molecule has 0 aliphatic carbocycles. The average molecular weight is 330 g/mol. The molecule has 0 saturated carbocycles. The molecule has 4 rings (SSSR count). The van der Waals surface area contributed by atoms with E-state index in [2.05, 4.69) is 73.0 Å². The van der Waals surface area contributed by atoms with Gasteiger partial charge in [0.15, 0.2) is 0 Å². The molecule has 4 aromatic rings. The van der Waals surface area contributed by atoms with Gasteiger partial charge in [-0.15, -0.1) is 11.3 Å². The maximum atomic E-state index is 6.42. The molecule has 3 aromatic carbocycles. The standard InChI is InChI=1S/C21H18N2S/c1-14-5-4-8-18(11-14)20(22)21-23-19(13-24-21)17-10-9-15-6-2-3-7-16(15)12-17/h2-13,20H,22H2,1H3. The van der Waals surface area contributed by atoms with Gasteiger partial charge in [-0.05, 0) is 29.3 Å². The van der Waals surface area contributed by atoms with E-state index < -0.39 is 0 Å². The fourth-order valence-corrected chi connectivity index (χ4v) is 3.77. The van der Waals surface area contributed by atoms with Crippen molar-refractivity contribution >= 4 is 22.1 Å². The second kappa shape index (κ2) is 6.19. The lowest BCUT2D eigenvalue weighted by Crippen LogP contribution is -2.11. The molecular weight excluding hydrogens is 312 g/mol. The maximum absolute atomic E-state index is 6.42. The molecule has 1 heterocycles. The van der Waals surface area contributed by atoms with E-state index in [9.17, 15) is 0 Å². The highest BCUT2D eigenvalue weighted by Crippen LogP contribution is 2.29. The zero-order valence-corrected chi connectivity index (χ0v) is 14.3. The molecule has 24 heavy (non-hydrogen) atoms. The topological polar surface area (TPSA) is 38.9 Å². The van der Waals surface area contributed by atoms with Crippen LogP contribution in [0.1, 0.15) is 22.2 Å². The number of benzene rings is 3. The summed E-state index contributed by atoms with van der Waals surface area (Å²) in [5, 5.41) is 5.51. The van der Waals surface area contributed by atoms with Crippen LogP contribution in [-0.4, -0.2) is 4.98 Å². The highest BCUT2D eigenvalue weighted by Gasteiger charge is 2.14. The number of fused-ring (bicyclic) bond motifs is 1. The van der Waals surface area contributed by atoms with E-state index in [0.717, 1.165) is 21.8 Å². The van der Waals surface area contributed by atoms with Crippen LogP contribution in [0.15, 0.2) is 72.1 Å². The van der Waals surface area contributed by atoms with Crippen LogP contribution in [0.25, 0.3) is 22.0 Å². The summed E-state index contributed by atoms with van der Waals surface area (Å²) in [5.41, 5.74) is 10.9. The lowest BCUT2D eigenvalue weighted by Gasteiger charge is -2.09. The molecule has 0 radical (unpaired) electrons. The zero-order valence-electron chi connectivity index (χ0n) is 13.4. The quantitative estimate of drug-likeness (QED) is 0.552. The first-order valence-corrected chi connectivity index (χ1v) is 8.85. The van der Waals surface area contributed by atoms with Gasteiger partial charge in [0, 0.05) is 10.9 Å². The summed E-state index contributed by atoms with van der Waals surface area (Å²) in [7, 11) is 0. The summed E-state index contributed by atoms with van der Waals surface area (Å²) < 4.78 is 0. The lowest BCUT2D eigenvalue weighted by atomic mass is 10.0. The first-order chi connectivity index (χ1) is 11.7. The molecule has 1 aromatic heterocycles. The number of hydrogen-bond donors (Lipinski definition) is 1. The van der Waals surface area contributed by atoms with Crippen LogP contribution in [0.5, 0.6) is 0 Å². The smallest absolute Gasteiger partial charge is 0.115 e. The van der Waals surface area contributed by atoms with Crippen molar-refractivity contribution in [1.29, 1.82) is 0 Å². The predicted octanol–water partition coefficient (Wildman–Crippen LogP) is 5.32. The Kier molecular flexibility index (Phi) is 3.89. The van der Waals surface area contributed by atoms with Gasteiger partial charge in [0.05, 0.1) is 11.7 Å². The van der Waals surface area contributed by atoms with Crippen molar-refractivity contribution < 1.29 is 0 Å². The summed E-state index contributed by atoms with van der Waals surface area (Å²) in [6, 6.07) is 23.0. The van der Waals surface area contributed by atoms with Gasteiger partial charge in [0.25, 0.3) is 0 Å². The number of hydrogen-bond acceptors (Lipinski definition) is 3. The summed E-state index contributed by atoms with van der Waals surface area (Å²) >= 11 is 1.62. The minimum Gasteiger partial charge on any atom is -0.318 e. The van der Waals surface area contributed by atoms with E-state index in [-0.39, 0.29) is 6.04 Å². The molecule has 0 fully saturated rings. The number of thiazole rings is 1. The van der Waals surface area contributed by atoms with Gasteiger partial charge in [-0.3, -0.25) is 0 Å². The first kappa shape index (κ1) is 15.1. The largest absolute Gasteiger partial charge is 0.318 e. The van der Waals surface area contributed by atoms with Gasteiger partial charge < -0.3 is 5.73 Å². The van der Waals surface area contributed by atoms with E-state index in [1.165, 1.54) is 16.3 Å². The summed E-state index contributed by atoms with van der Waals surface area (Å²) in [5.74, 6) is 0. The van der Waals surface area contributed by atoms with Crippen molar-refractivity contribution in [3.05, 3.63) is 88.2 Å². The van der Waals surface area contributed by atoms with Crippen molar-refractivity contribution in [3.8, 4) is 11.3 Å². The van der Waals surface area contributed by atoms with E-state index in [1.807, 2.05) is 6.07 Å². The van der Waals surface area contributed by atoms with Gasteiger partial charge in [-0.2, -0.15) is 0 Å². The molecule has 2 N–H and O–H groups in total. The van der Waals surface area contributed by atoms with Crippen LogP contribution >= 0.6 is 11.3 Å². The van der Waals surface area contributed by atoms with Crippen molar-refractivity contribution in [3.63, 3.8) is 0 Å². The molecule has 0 saturated heterocycles. The second-order valence-corrected chi connectivity index (χ2v) is 6.91. The minimum absolute atomic E-state index is 0.177. The summed E-state index contributed by atoms with van der Waals surface area (Å²) in [4.78, 5) is 4.79. The number of aromatic nitrogens is 1. The fraction of sp³-hybridized carbons (Fsp3) is 0.0952. The van der Waals surface area contributed by atoms with Crippen LogP contribution in [0, 0.1) is 6.92 Å². The van der Waals surface area contributed by atoms with Gasteiger partial charge in [-0.1, -0.05) is 66.2 Å². The fourth-order valence-electron chi connectivity index (χ4n) is 2.92. The van der Waals surface area contributed by atoms with Crippen molar-refractivity contribution in [1.82, 2.24) is 4.98 Å². The lowest BCUT2D eigenvalue weighted by molar-refractivity contribution is 0.857. The molecular formula is C21H18N2S. The third-order valence-corrected chi connectivity index (χ3v) is 5.16. The van der Waals surface area contributed by atoms with Gasteiger partial charge in [0.1, 0.15) is 5.01 Å². The molecule has 3 heteroatoms. The molecule has 0 aliphatic heterocycles. The molecule has 0 amide bonds. The van der Waals surface area contributed by atoms with Crippen LogP contribution in [-0.2, 0) is 0 Å². The van der Waals surface area contributed by atoms with Crippen LogP contribution in [0.4, 0.5) is 0 Å². The van der Waals surface area contributed by atoms with Gasteiger partial charge in [0.2, 0.25) is 0 Å². The number of aryl methyl sites for hydroxylation is 1. The highest BCUT2D eigenvalue weighted by atomic mass is 32.1. The molecule has 2 nitrogen and oxygen atoms in total. The summed E-state index contributed by atoms with van der Waals surface area (Å²) in [6.45, 7) is 2.08. The zero-order chi connectivity index (χ0) is 16.5. The average Bonchev–Trinajstić information content (AvgIpc) is 3.11. The van der Waals surface area contributed by atoms with E-state index in [1.54, 1.807) is 11.3 Å². The van der Waals surface area contributed by atoms with Crippen molar-refractivity contribution in [2.24, 2.45) is 5.73 Å². The Labute approximate surface area is 145 Å². The van der Waals surface area contributed by atoms with E-state index in [4.69, 9.17) is 10.7 Å². The maximum Gasteiger partial charge on any atom is 0.115 e. The molecule has 0 aliphatic rings. The molecule has 118 valence electrons. The SMILES string of the molecule is Cc1cccc(C(N)c2nc(-c3ccc4ccccc4c3)cs2)c1. The number of rotatable bonds is 3. The molecule has 1 unspecified atom stereocenters.